The predicted molar refractivity (Wildman–Crippen MR) is 92.2 cm³/mol. The third kappa shape index (κ3) is 5.44. The van der Waals surface area contributed by atoms with E-state index in [0.717, 1.165) is 12.1 Å². The lowest BCUT2D eigenvalue weighted by Crippen LogP contribution is -2.57. The van der Waals surface area contributed by atoms with Crippen molar-refractivity contribution < 1.29 is 50.1 Å². The molecule has 0 heterocycles. The lowest BCUT2D eigenvalue weighted by Gasteiger charge is -2.36. The van der Waals surface area contributed by atoms with Crippen molar-refractivity contribution in [3.63, 3.8) is 0 Å². The first-order valence-corrected chi connectivity index (χ1v) is 8.82. The number of rotatable bonds is 9. The Morgan fingerprint density at radius 2 is 1.50 bits per heavy atom. The number of hydrogen-bond acceptors (Lipinski definition) is 5. The number of alkyl halides is 6. The first-order valence-electron chi connectivity index (χ1n) is 8.82. The van der Waals surface area contributed by atoms with Crippen molar-refractivity contribution in [2.75, 3.05) is 20.3 Å². The second-order valence-electron chi connectivity index (χ2n) is 6.75. The van der Waals surface area contributed by atoms with Gasteiger partial charge in [0.15, 0.2) is 0 Å². The van der Waals surface area contributed by atoms with Crippen molar-refractivity contribution in [1.29, 1.82) is 0 Å². The average molecular weight is 444 g/mol. The Kier molecular flexibility index (Phi) is 8.30. The highest BCUT2D eigenvalue weighted by Gasteiger charge is 2.75. The zero-order valence-corrected chi connectivity index (χ0v) is 16.5. The molecule has 0 fully saturated rings. The Balaban J connectivity index is 3.02. The number of carbonyl (C=O) groups excluding carboxylic acids is 2. The number of methoxy groups -OCH3 is 1. The molecular weight excluding hydrogens is 422 g/mol. The van der Waals surface area contributed by atoms with Gasteiger partial charge in [-0.25, -0.2) is 0 Å². The summed E-state index contributed by atoms with van der Waals surface area (Å²) in [6, 6.07) is 4.25. The van der Waals surface area contributed by atoms with Crippen LogP contribution < -0.4 is 0 Å². The summed E-state index contributed by atoms with van der Waals surface area (Å²) in [7, 11) is 1.34. The lowest BCUT2D eigenvalue weighted by molar-refractivity contribution is -0.377. The van der Waals surface area contributed by atoms with Crippen molar-refractivity contribution in [2.24, 2.45) is 5.41 Å². The van der Waals surface area contributed by atoms with E-state index in [1.54, 1.807) is 6.92 Å². The number of benzene rings is 1. The highest BCUT2D eigenvalue weighted by atomic mass is 19.4. The van der Waals surface area contributed by atoms with Gasteiger partial charge < -0.3 is 14.2 Å². The zero-order chi connectivity index (χ0) is 23.2. The van der Waals surface area contributed by atoms with E-state index < -0.39 is 53.9 Å². The highest BCUT2D eigenvalue weighted by Crippen LogP contribution is 2.53. The number of hydrogen-bond donors (Lipinski definition) is 0. The number of ether oxygens (including phenoxy) is 3. The Morgan fingerprint density at radius 3 is 1.93 bits per heavy atom. The van der Waals surface area contributed by atoms with Crippen LogP contribution in [0.5, 0.6) is 0 Å². The molecule has 11 heteroatoms. The van der Waals surface area contributed by atoms with E-state index in [-0.39, 0.29) is 6.61 Å². The predicted octanol–water partition coefficient (Wildman–Crippen LogP) is 4.55. The molecule has 0 saturated heterocycles. The topological polar surface area (TPSA) is 61.8 Å². The Labute approximate surface area is 169 Å². The third-order valence-corrected chi connectivity index (χ3v) is 4.52. The van der Waals surface area contributed by atoms with Gasteiger partial charge in [-0.1, -0.05) is 37.3 Å². The average Bonchev–Trinajstić information content (AvgIpc) is 2.64. The van der Waals surface area contributed by atoms with Crippen LogP contribution in [0.1, 0.15) is 32.3 Å². The van der Waals surface area contributed by atoms with Crippen LogP contribution in [0.3, 0.4) is 0 Å². The van der Waals surface area contributed by atoms with Gasteiger partial charge in [-0.3, -0.25) is 9.59 Å². The number of halogens is 6. The van der Waals surface area contributed by atoms with Crippen LogP contribution in [0, 0.1) is 5.41 Å². The molecule has 0 aliphatic carbocycles. The molecule has 0 aliphatic rings. The summed E-state index contributed by atoms with van der Waals surface area (Å²) in [6.07, 6.45) is -12.7. The molecule has 1 aromatic rings. The van der Waals surface area contributed by atoms with Gasteiger partial charge in [0.1, 0.15) is 6.61 Å². The SMILES string of the molecule is CCC(C)(COC)C(=O)OCCC(=O)OC(c1ccccc1)(C(F)(F)F)C(F)(F)F. The maximum atomic E-state index is 13.6. The van der Waals surface area contributed by atoms with Crippen LogP contribution >= 0.6 is 0 Å². The second-order valence-corrected chi connectivity index (χ2v) is 6.75. The molecule has 0 spiro atoms. The summed E-state index contributed by atoms with van der Waals surface area (Å²) in [5, 5.41) is 0. The van der Waals surface area contributed by atoms with Crippen molar-refractivity contribution in [2.45, 2.75) is 44.6 Å². The molecule has 30 heavy (non-hydrogen) atoms. The van der Waals surface area contributed by atoms with Crippen LogP contribution in [0.25, 0.3) is 0 Å². The van der Waals surface area contributed by atoms with Crippen molar-refractivity contribution in [3.8, 4) is 0 Å². The van der Waals surface area contributed by atoms with Gasteiger partial charge in [0.05, 0.1) is 18.4 Å². The van der Waals surface area contributed by atoms with Crippen LogP contribution in [-0.2, 0) is 29.4 Å². The Bertz CT molecular complexity index is 702. The zero-order valence-electron chi connectivity index (χ0n) is 16.5. The summed E-state index contributed by atoms with van der Waals surface area (Å²) < 4.78 is 95.1. The lowest BCUT2D eigenvalue weighted by atomic mass is 9.89. The molecule has 1 atom stereocenters. The quantitative estimate of drug-likeness (QED) is 0.413. The molecule has 0 aliphatic heterocycles. The van der Waals surface area contributed by atoms with E-state index in [1.807, 2.05) is 0 Å². The summed E-state index contributed by atoms with van der Waals surface area (Å²) >= 11 is 0. The smallest absolute Gasteiger partial charge is 0.442 e. The third-order valence-electron chi connectivity index (χ3n) is 4.52. The van der Waals surface area contributed by atoms with Crippen LogP contribution in [-0.4, -0.2) is 44.6 Å². The molecule has 1 aromatic carbocycles. The monoisotopic (exact) mass is 444 g/mol. The second kappa shape index (κ2) is 9.67. The Morgan fingerprint density at radius 1 is 0.967 bits per heavy atom. The normalized spacial score (nSPS) is 14.7. The van der Waals surface area contributed by atoms with E-state index in [4.69, 9.17) is 9.47 Å². The molecule has 0 amide bonds. The number of carbonyl (C=O) groups is 2. The van der Waals surface area contributed by atoms with E-state index in [2.05, 4.69) is 4.74 Å². The van der Waals surface area contributed by atoms with Crippen LogP contribution in [0.4, 0.5) is 26.3 Å². The summed E-state index contributed by atoms with van der Waals surface area (Å²) in [6.45, 7) is 2.39. The maximum absolute atomic E-state index is 13.6. The molecular formula is C19H22F6O5. The molecule has 0 saturated carbocycles. The number of esters is 2. The minimum absolute atomic E-state index is 0.0218. The first kappa shape index (κ1) is 25.7. The van der Waals surface area contributed by atoms with Gasteiger partial charge in [0.2, 0.25) is 0 Å². The minimum Gasteiger partial charge on any atom is -0.465 e. The largest absolute Gasteiger partial charge is 0.465 e. The van der Waals surface area contributed by atoms with Crippen molar-refractivity contribution >= 4 is 11.9 Å². The first-order chi connectivity index (χ1) is 13.7. The summed E-state index contributed by atoms with van der Waals surface area (Å²) in [4.78, 5) is 24.0. The van der Waals surface area contributed by atoms with Gasteiger partial charge >= 0.3 is 29.9 Å². The van der Waals surface area contributed by atoms with E-state index in [9.17, 15) is 35.9 Å². The van der Waals surface area contributed by atoms with Crippen molar-refractivity contribution in [3.05, 3.63) is 35.9 Å². The molecule has 5 nitrogen and oxygen atoms in total. The maximum Gasteiger partial charge on any atom is 0.442 e. The van der Waals surface area contributed by atoms with Gasteiger partial charge in [0.25, 0.3) is 0 Å². The highest BCUT2D eigenvalue weighted by molar-refractivity contribution is 5.77. The standard InChI is InChI=1S/C19H22F6O5/c1-4-16(2,12-28-3)15(27)29-11-10-14(26)30-17(18(20,21)22,19(23,24)25)13-8-6-5-7-9-13/h5-9H,4,10-12H2,1-3H3. The fraction of sp³-hybridized carbons (Fsp3) is 0.579. The summed E-state index contributed by atoms with van der Waals surface area (Å²) in [5.74, 6) is -2.63. The van der Waals surface area contributed by atoms with E-state index in [1.165, 1.54) is 20.1 Å². The molecule has 1 unspecified atom stereocenters. The van der Waals surface area contributed by atoms with E-state index in [0.29, 0.717) is 18.6 Å². The fourth-order valence-corrected chi connectivity index (χ4v) is 2.58. The van der Waals surface area contributed by atoms with E-state index >= 15 is 0 Å². The fourth-order valence-electron chi connectivity index (χ4n) is 2.58. The molecule has 0 aromatic heterocycles. The van der Waals surface area contributed by atoms with Gasteiger partial charge in [-0.2, -0.15) is 26.3 Å². The minimum atomic E-state index is -5.99. The molecule has 0 bridgehead atoms. The van der Waals surface area contributed by atoms with Gasteiger partial charge in [-0.05, 0) is 13.3 Å². The van der Waals surface area contributed by atoms with Gasteiger partial charge in [-0.15, -0.1) is 0 Å². The summed E-state index contributed by atoms with van der Waals surface area (Å²) in [5.41, 5.74) is -7.23. The van der Waals surface area contributed by atoms with Gasteiger partial charge in [0, 0.05) is 12.7 Å². The molecule has 0 radical (unpaired) electrons. The molecule has 1 rings (SSSR count). The van der Waals surface area contributed by atoms with Crippen LogP contribution in [0.2, 0.25) is 0 Å². The molecule has 170 valence electrons. The van der Waals surface area contributed by atoms with Crippen LogP contribution in [0.15, 0.2) is 30.3 Å². The Hall–Kier alpha value is -2.30. The van der Waals surface area contributed by atoms with Crippen molar-refractivity contribution in [1.82, 2.24) is 0 Å². The molecule has 0 N–H and O–H groups in total.